The van der Waals surface area contributed by atoms with Crippen molar-refractivity contribution in [3.8, 4) is 0 Å². The number of piperidine rings is 1. The van der Waals surface area contributed by atoms with Gasteiger partial charge in [0.15, 0.2) is 0 Å². The third-order valence-electron chi connectivity index (χ3n) is 5.63. The maximum Gasteiger partial charge on any atom is 0.231 e. The van der Waals surface area contributed by atoms with E-state index in [4.69, 9.17) is 0 Å². The zero-order valence-corrected chi connectivity index (χ0v) is 19.0. The van der Waals surface area contributed by atoms with E-state index in [1.165, 1.54) is 11.3 Å². The zero-order valence-electron chi connectivity index (χ0n) is 18.2. The third kappa shape index (κ3) is 6.24. The molecule has 32 heavy (non-hydrogen) atoms. The minimum Gasteiger partial charge on any atom is -0.326 e. The van der Waals surface area contributed by atoms with E-state index in [0.717, 1.165) is 60.1 Å². The van der Waals surface area contributed by atoms with E-state index in [0.29, 0.717) is 0 Å². The van der Waals surface area contributed by atoms with E-state index < -0.39 is 0 Å². The second kappa shape index (κ2) is 10.5. The average Bonchev–Trinajstić information content (AvgIpc) is 3.23. The third-order valence-corrected chi connectivity index (χ3v) is 6.53. The number of nitrogens with one attached hydrogen (secondary N) is 2. The van der Waals surface area contributed by atoms with Crippen LogP contribution < -0.4 is 10.6 Å². The number of benzene rings is 2. The van der Waals surface area contributed by atoms with Crippen molar-refractivity contribution in [3.05, 3.63) is 76.2 Å². The molecule has 1 saturated heterocycles. The van der Waals surface area contributed by atoms with Crippen molar-refractivity contribution in [3.63, 3.8) is 0 Å². The van der Waals surface area contributed by atoms with Crippen molar-refractivity contribution in [1.29, 1.82) is 0 Å². The molecule has 1 aromatic heterocycles. The largest absolute Gasteiger partial charge is 0.326 e. The first-order chi connectivity index (χ1) is 15.5. The standard InChI is InChI=1S/C25H28N4O2S/c1-18-7-9-21(10-8-18)26-23(30)15-24-27-22(17-32-24)16-29-13-11-19(12-14-29)25(31)28-20-5-3-2-4-6-20/h2-10,17,19H,11-16H2,1H3,(H,26,30)(H,28,31). The Morgan fingerprint density at radius 2 is 1.69 bits per heavy atom. The van der Waals surface area contributed by atoms with E-state index in [1.807, 2.05) is 66.9 Å². The van der Waals surface area contributed by atoms with Crippen molar-refractivity contribution >= 4 is 34.5 Å². The number of hydrogen-bond donors (Lipinski definition) is 2. The number of carbonyl (C=O) groups excluding carboxylic acids is 2. The van der Waals surface area contributed by atoms with Crippen molar-refractivity contribution < 1.29 is 9.59 Å². The number of likely N-dealkylation sites (tertiary alicyclic amines) is 1. The lowest BCUT2D eigenvalue weighted by Gasteiger charge is -2.30. The molecule has 0 atom stereocenters. The molecule has 1 aliphatic rings. The number of aromatic nitrogens is 1. The van der Waals surface area contributed by atoms with Crippen LogP contribution in [0.15, 0.2) is 60.0 Å². The molecular formula is C25H28N4O2S. The fourth-order valence-corrected chi connectivity index (χ4v) is 4.61. The number of carbonyl (C=O) groups is 2. The van der Waals surface area contributed by atoms with Crippen LogP contribution in [0, 0.1) is 12.8 Å². The predicted molar refractivity (Wildman–Crippen MR) is 129 cm³/mol. The molecule has 2 aromatic carbocycles. The number of amides is 2. The van der Waals surface area contributed by atoms with Crippen LogP contribution in [0.4, 0.5) is 11.4 Å². The van der Waals surface area contributed by atoms with Gasteiger partial charge in [0.25, 0.3) is 0 Å². The summed E-state index contributed by atoms with van der Waals surface area (Å²) in [4.78, 5) is 31.8. The van der Waals surface area contributed by atoms with Gasteiger partial charge in [0.1, 0.15) is 5.01 Å². The number of aryl methyl sites for hydroxylation is 1. The van der Waals surface area contributed by atoms with Crippen LogP contribution in [0.25, 0.3) is 0 Å². The second-order valence-electron chi connectivity index (χ2n) is 8.23. The summed E-state index contributed by atoms with van der Waals surface area (Å²) in [6, 6.07) is 17.4. The van der Waals surface area contributed by atoms with Crippen molar-refractivity contribution in [2.24, 2.45) is 5.92 Å². The highest BCUT2D eigenvalue weighted by atomic mass is 32.1. The Hall–Kier alpha value is -3.03. The maximum atomic E-state index is 12.5. The highest BCUT2D eigenvalue weighted by Crippen LogP contribution is 2.22. The lowest BCUT2D eigenvalue weighted by molar-refractivity contribution is -0.121. The maximum absolute atomic E-state index is 12.5. The van der Waals surface area contributed by atoms with Crippen LogP contribution >= 0.6 is 11.3 Å². The predicted octanol–water partition coefficient (Wildman–Crippen LogP) is 4.48. The second-order valence-corrected chi connectivity index (χ2v) is 9.17. The summed E-state index contributed by atoms with van der Waals surface area (Å²) in [6.45, 7) is 4.51. The molecule has 1 aliphatic heterocycles. The first kappa shape index (κ1) is 22.2. The van der Waals surface area contributed by atoms with Gasteiger partial charge in [-0.05, 0) is 57.1 Å². The molecule has 2 heterocycles. The summed E-state index contributed by atoms with van der Waals surface area (Å²) in [5.74, 6) is 0.0919. The highest BCUT2D eigenvalue weighted by Gasteiger charge is 2.25. The van der Waals surface area contributed by atoms with Gasteiger partial charge in [-0.3, -0.25) is 14.5 Å². The number of hydrogen-bond acceptors (Lipinski definition) is 5. The van der Waals surface area contributed by atoms with E-state index >= 15 is 0 Å². The average molecular weight is 449 g/mol. The molecular weight excluding hydrogens is 420 g/mol. The van der Waals surface area contributed by atoms with E-state index in [9.17, 15) is 9.59 Å². The summed E-state index contributed by atoms with van der Waals surface area (Å²) >= 11 is 1.52. The molecule has 6 nitrogen and oxygen atoms in total. The van der Waals surface area contributed by atoms with Crippen LogP contribution in [-0.4, -0.2) is 34.8 Å². The molecule has 7 heteroatoms. The first-order valence-electron chi connectivity index (χ1n) is 10.9. The number of rotatable bonds is 7. The van der Waals surface area contributed by atoms with Gasteiger partial charge in [0.05, 0.1) is 12.1 Å². The van der Waals surface area contributed by atoms with Crippen LogP contribution in [0.3, 0.4) is 0 Å². The lowest BCUT2D eigenvalue weighted by Crippen LogP contribution is -2.37. The van der Waals surface area contributed by atoms with Crippen molar-refractivity contribution in [2.45, 2.75) is 32.7 Å². The van der Waals surface area contributed by atoms with Gasteiger partial charge in [-0.2, -0.15) is 0 Å². The van der Waals surface area contributed by atoms with Crippen LogP contribution in [0.1, 0.15) is 29.1 Å². The molecule has 0 bridgehead atoms. The van der Waals surface area contributed by atoms with Gasteiger partial charge in [0.2, 0.25) is 11.8 Å². The molecule has 0 radical (unpaired) electrons. The molecule has 166 valence electrons. The van der Waals surface area contributed by atoms with Crippen LogP contribution in [0.2, 0.25) is 0 Å². The fourth-order valence-electron chi connectivity index (χ4n) is 3.83. The van der Waals surface area contributed by atoms with Crippen LogP contribution in [-0.2, 0) is 22.6 Å². The number of para-hydroxylation sites is 1. The Bertz CT molecular complexity index is 1040. The Kier molecular flexibility index (Phi) is 7.29. The molecule has 3 aromatic rings. The van der Waals surface area contributed by atoms with Crippen molar-refractivity contribution in [1.82, 2.24) is 9.88 Å². The van der Waals surface area contributed by atoms with Crippen molar-refractivity contribution in [2.75, 3.05) is 23.7 Å². The quantitative estimate of drug-likeness (QED) is 0.559. The van der Waals surface area contributed by atoms with E-state index in [1.54, 1.807) is 0 Å². The number of thiazole rings is 1. The fraction of sp³-hybridized carbons (Fsp3) is 0.320. The van der Waals surface area contributed by atoms with E-state index in [2.05, 4.69) is 20.5 Å². The highest BCUT2D eigenvalue weighted by molar-refractivity contribution is 7.09. The topological polar surface area (TPSA) is 74.3 Å². The summed E-state index contributed by atoms with van der Waals surface area (Å²) in [5.41, 5.74) is 3.80. The van der Waals surface area contributed by atoms with E-state index in [-0.39, 0.29) is 24.2 Å². The Morgan fingerprint density at radius 1 is 1.00 bits per heavy atom. The summed E-state index contributed by atoms with van der Waals surface area (Å²) in [5, 5.41) is 8.78. The first-order valence-corrected chi connectivity index (χ1v) is 11.8. The molecule has 0 unspecified atom stereocenters. The summed E-state index contributed by atoms with van der Waals surface area (Å²) in [6.07, 6.45) is 1.96. The molecule has 4 rings (SSSR count). The van der Waals surface area contributed by atoms with Crippen LogP contribution in [0.5, 0.6) is 0 Å². The minimum absolute atomic E-state index is 0.0444. The number of anilines is 2. The zero-order chi connectivity index (χ0) is 22.3. The Labute approximate surface area is 192 Å². The normalized spacial score (nSPS) is 14.8. The van der Waals surface area contributed by atoms with Gasteiger partial charge in [-0.1, -0.05) is 35.9 Å². The molecule has 0 spiro atoms. The monoisotopic (exact) mass is 448 g/mol. The van der Waals surface area contributed by atoms with Gasteiger partial charge in [-0.25, -0.2) is 4.98 Å². The Balaban J connectivity index is 1.21. The van der Waals surface area contributed by atoms with Gasteiger partial charge < -0.3 is 10.6 Å². The minimum atomic E-state index is -0.0556. The summed E-state index contributed by atoms with van der Waals surface area (Å²) in [7, 11) is 0. The van der Waals surface area contributed by atoms with Gasteiger partial charge >= 0.3 is 0 Å². The SMILES string of the molecule is Cc1ccc(NC(=O)Cc2nc(CN3CCC(C(=O)Nc4ccccc4)CC3)cs2)cc1. The molecule has 0 aliphatic carbocycles. The molecule has 2 N–H and O–H groups in total. The number of nitrogens with zero attached hydrogens (tertiary/aromatic N) is 2. The molecule has 2 amide bonds. The molecule has 1 fully saturated rings. The van der Waals surface area contributed by atoms with Gasteiger partial charge in [-0.15, -0.1) is 11.3 Å². The summed E-state index contributed by atoms with van der Waals surface area (Å²) < 4.78 is 0. The lowest BCUT2D eigenvalue weighted by atomic mass is 9.95. The Morgan fingerprint density at radius 3 is 2.41 bits per heavy atom. The van der Waals surface area contributed by atoms with Gasteiger partial charge in [0, 0.05) is 29.2 Å². The smallest absolute Gasteiger partial charge is 0.231 e. The molecule has 0 saturated carbocycles.